The van der Waals surface area contributed by atoms with Gasteiger partial charge in [-0.2, -0.15) is 0 Å². The van der Waals surface area contributed by atoms with Gasteiger partial charge in [0.1, 0.15) is 6.61 Å². The van der Waals surface area contributed by atoms with Crippen LogP contribution in [0.5, 0.6) is 0 Å². The number of halogens is 2. The number of carbonyl (C=O) groups is 1. The second-order valence-electron chi connectivity index (χ2n) is 2.51. The Morgan fingerprint density at radius 2 is 2.07 bits per heavy atom. The molecule has 0 saturated carbocycles. The van der Waals surface area contributed by atoms with E-state index in [1.165, 1.54) is 0 Å². The van der Waals surface area contributed by atoms with Crippen molar-refractivity contribution in [2.24, 2.45) is 0 Å². The second kappa shape index (κ2) is 5.68. The van der Waals surface area contributed by atoms with Gasteiger partial charge in [-0.25, -0.2) is 0 Å². The Bertz CT molecular complexity index is 348. The van der Waals surface area contributed by atoms with Crippen LogP contribution in [-0.4, -0.2) is 13.1 Å². The van der Waals surface area contributed by atoms with E-state index in [0.717, 1.165) is 5.56 Å². The van der Waals surface area contributed by atoms with Crippen molar-refractivity contribution < 1.29 is 9.53 Å². The SMILES string of the molecule is O=COCC=Cc1ccc(Cl)c(Cl)c1. The van der Waals surface area contributed by atoms with Crippen molar-refractivity contribution in [3.8, 4) is 0 Å². The molecule has 0 spiro atoms. The van der Waals surface area contributed by atoms with Crippen LogP contribution in [0.25, 0.3) is 6.08 Å². The number of rotatable bonds is 4. The lowest BCUT2D eigenvalue weighted by molar-refractivity contribution is -0.127. The molecule has 1 rings (SSSR count). The minimum Gasteiger partial charge on any atom is -0.464 e. The van der Waals surface area contributed by atoms with E-state index in [4.69, 9.17) is 23.2 Å². The second-order valence-corrected chi connectivity index (χ2v) is 3.32. The van der Waals surface area contributed by atoms with Crippen molar-refractivity contribution in [1.29, 1.82) is 0 Å². The van der Waals surface area contributed by atoms with Gasteiger partial charge in [-0.15, -0.1) is 0 Å². The highest BCUT2D eigenvalue weighted by molar-refractivity contribution is 6.42. The van der Waals surface area contributed by atoms with Crippen LogP contribution in [0.2, 0.25) is 10.0 Å². The third-order valence-corrected chi connectivity index (χ3v) is 2.25. The lowest BCUT2D eigenvalue weighted by atomic mass is 10.2. The van der Waals surface area contributed by atoms with Crippen molar-refractivity contribution in [3.05, 3.63) is 39.9 Å². The van der Waals surface area contributed by atoms with Crippen LogP contribution < -0.4 is 0 Å². The maximum absolute atomic E-state index is 9.82. The van der Waals surface area contributed by atoms with E-state index in [1.54, 1.807) is 24.3 Å². The Labute approximate surface area is 92.1 Å². The summed E-state index contributed by atoms with van der Waals surface area (Å²) >= 11 is 11.5. The van der Waals surface area contributed by atoms with Crippen LogP contribution in [0.1, 0.15) is 5.56 Å². The van der Waals surface area contributed by atoms with E-state index in [2.05, 4.69) is 4.74 Å². The normalized spacial score (nSPS) is 10.4. The van der Waals surface area contributed by atoms with Crippen molar-refractivity contribution in [3.63, 3.8) is 0 Å². The van der Waals surface area contributed by atoms with Crippen molar-refractivity contribution in [2.45, 2.75) is 0 Å². The smallest absolute Gasteiger partial charge is 0.293 e. The zero-order valence-electron chi connectivity index (χ0n) is 7.24. The fraction of sp³-hybridized carbons (Fsp3) is 0.100. The first-order valence-electron chi connectivity index (χ1n) is 3.91. The summed E-state index contributed by atoms with van der Waals surface area (Å²) in [4.78, 5) is 9.82. The molecule has 0 aliphatic rings. The average Bonchev–Trinajstić information content (AvgIpc) is 2.18. The van der Waals surface area contributed by atoms with Gasteiger partial charge < -0.3 is 4.74 Å². The maximum atomic E-state index is 9.82. The standard InChI is InChI=1S/C10H8Cl2O2/c11-9-4-3-8(6-10(9)12)2-1-5-14-7-13/h1-4,6-7H,5H2. The highest BCUT2D eigenvalue weighted by atomic mass is 35.5. The maximum Gasteiger partial charge on any atom is 0.293 e. The van der Waals surface area contributed by atoms with E-state index < -0.39 is 0 Å². The van der Waals surface area contributed by atoms with Crippen LogP contribution in [0.3, 0.4) is 0 Å². The summed E-state index contributed by atoms with van der Waals surface area (Å²) in [5, 5.41) is 1.03. The summed E-state index contributed by atoms with van der Waals surface area (Å²) < 4.78 is 4.48. The molecule has 0 atom stereocenters. The van der Waals surface area contributed by atoms with Gasteiger partial charge in [0.15, 0.2) is 0 Å². The topological polar surface area (TPSA) is 26.3 Å². The van der Waals surface area contributed by atoms with Gasteiger partial charge in [-0.1, -0.05) is 35.3 Å². The first-order chi connectivity index (χ1) is 6.74. The van der Waals surface area contributed by atoms with E-state index in [-0.39, 0.29) is 6.61 Å². The van der Waals surface area contributed by atoms with Gasteiger partial charge in [0, 0.05) is 0 Å². The largest absolute Gasteiger partial charge is 0.464 e. The fourth-order valence-electron chi connectivity index (χ4n) is 0.895. The predicted molar refractivity (Wildman–Crippen MR) is 57.5 cm³/mol. The number of hydrogen-bond donors (Lipinski definition) is 0. The molecule has 0 bridgehead atoms. The molecule has 14 heavy (non-hydrogen) atoms. The molecule has 0 saturated heterocycles. The highest BCUT2D eigenvalue weighted by Gasteiger charge is 1.95. The molecule has 0 radical (unpaired) electrons. The van der Waals surface area contributed by atoms with Crippen LogP contribution in [0.15, 0.2) is 24.3 Å². The minimum atomic E-state index is 0.254. The third kappa shape index (κ3) is 3.40. The van der Waals surface area contributed by atoms with Gasteiger partial charge in [-0.3, -0.25) is 4.79 Å². The highest BCUT2D eigenvalue weighted by Crippen LogP contribution is 2.22. The molecule has 1 aromatic carbocycles. The molecule has 0 aliphatic carbocycles. The molecule has 0 amide bonds. The van der Waals surface area contributed by atoms with Crippen LogP contribution in [0.4, 0.5) is 0 Å². The zero-order valence-corrected chi connectivity index (χ0v) is 8.76. The molecule has 4 heteroatoms. The first kappa shape index (κ1) is 11.1. The Morgan fingerprint density at radius 1 is 1.29 bits per heavy atom. The molecular formula is C10H8Cl2O2. The molecule has 0 unspecified atom stereocenters. The summed E-state index contributed by atoms with van der Waals surface area (Å²) in [6.45, 7) is 0.656. The first-order valence-corrected chi connectivity index (χ1v) is 4.66. The summed E-state index contributed by atoms with van der Waals surface area (Å²) in [5.74, 6) is 0. The monoisotopic (exact) mass is 230 g/mol. The molecule has 74 valence electrons. The molecule has 1 aromatic rings. The average molecular weight is 231 g/mol. The minimum absolute atomic E-state index is 0.254. The van der Waals surface area contributed by atoms with Gasteiger partial charge in [0.05, 0.1) is 10.0 Å². The van der Waals surface area contributed by atoms with Gasteiger partial charge in [0.25, 0.3) is 6.47 Å². The van der Waals surface area contributed by atoms with E-state index >= 15 is 0 Å². The molecule has 0 N–H and O–H groups in total. The summed E-state index contributed by atoms with van der Waals surface area (Å²) in [6.07, 6.45) is 3.51. The van der Waals surface area contributed by atoms with Gasteiger partial charge >= 0.3 is 0 Å². The Kier molecular flexibility index (Phi) is 4.50. The summed E-state index contributed by atoms with van der Waals surface area (Å²) in [6, 6.07) is 5.27. The molecule has 0 aliphatic heterocycles. The lowest BCUT2D eigenvalue weighted by Gasteiger charge is -1.97. The molecule has 2 nitrogen and oxygen atoms in total. The predicted octanol–water partition coefficient (Wildman–Crippen LogP) is 3.18. The van der Waals surface area contributed by atoms with E-state index in [0.29, 0.717) is 16.5 Å². The molecule has 0 aromatic heterocycles. The summed E-state index contributed by atoms with van der Waals surface area (Å²) in [5.41, 5.74) is 0.911. The number of carbonyl (C=O) groups excluding carboxylic acids is 1. The number of benzene rings is 1. The lowest BCUT2D eigenvalue weighted by Crippen LogP contribution is -1.85. The van der Waals surface area contributed by atoms with Crippen molar-refractivity contribution >= 4 is 35.8 Å². The molecular weight excluding hydrogens is 223 g/mol. The Balaban J connectivity index is 2.63. The van der Waals surface area contributed by atoms with Crippen LogP contribution in [-0.2, 0) is 9.53 Å². The molecule has 0 heterocycles. The number of ether oxygens (including phenoxy) is 1. The van der Waals surface area contributed by atoms with E-state index in [1.807, 2.05) is 6.07 Å². The van der Waals surface area contributed by atoms with Gasteiger partial charge in [-0.05, 0) is 23.8 Å². The van der Waals surface area contributed by atoms with Crippen LogP contribution >= 0.6 is 23.2 Å². The Hall–Kier alpha value is -0.990. The van der Waals surface area contributed by atoms with E-state index in [9.17, 15) is 4.79 Å². The zero-order chi connectivity index (χ0) is 10.4. The third-order valence-electron chi connectivity index (χ3n) is 1.51. The van der Waals surface area contributed by atoms with Crippen LogP contribution in [0, 0.1) is 0 Å². The summed E-state index contributed by atoms with van der Waals surface area (Å²) in [7, 11) is 0. The number of hydrogen-bond acceptors (Lipinski definition) is 2. The van der Waals surface area contributed by atoms with Crippen molar-refractivity contribution in [1.82, 2.24) is 0 Å². The fourth-order valence-corrected chi connectivity index (χ4v) is 1.20. The quantitative estimate of drug-likeness (QED) is 0.587. The van der Waals surface area contributed by atoms with Gasteiger partial charge in [0.2, 0.25) is 0 Å². The van der Waals surface area contributed by atoms with Crippen molar-refractivity contribution in [2.75, 3.05) is 6.61 Å². The Morgan fingerprint density at radius 3 is 2.71 bits per heavy atom. The molecule has 0 fully saturated rings.